The molecule has 0 saturated carbocycles. The molecule has 0 unspecified atom stereocenters. The predicted molar refractivity (Wildman–Crippen MR) is 106 cm³/mol. The molecule has 4 rings (SSSR count). The van der Waals surface area contributed by atoms with Gasteiger partial charge in [-0.3, -0.25) is 0 Å². The van der Waals surface area contributed by atoms with E-state index >= 15 is 4.39 Å². The lowest BCUT2D eigenvalue weighted by Crippen LogP contribution is -1.89. The predicted octanol–water partition coefficient (Wildman–Crippen LogP) is 7.41. The Morgan fingerprint density at radius 2 is 1.52 bits per heavy atom. The first kappa shape index (κ1) is 16.1. The van der Waals surface area contributed by atoms with Crippen LogP contribution in [0.2, 0.25) is 5.02 Å². The van der Waals surface area contributed by atoms with Gasteiger partial charge in [0.25, 0.3) is 0 Å². The Hall–Kier alpha value is -2.38. The first-order valence-corrected chi connectivity index (χ1v) is 8.95. The van der Waals surface area contributed by atoms with Gasteiger partial charge in [-0.05, 0) is 45.8 Å². The molecule has 25 heavy (non-hydrogen) atoms. The molecule has 0 radical (unpaired) electrons. The van der Waals surface area contributed by atoms with E-state index in [-0.39, 0.29) is 5.82 Å². The molecule has 4 aromatic carbocycles. The number of benzene rings is 4. The van der Waals surface area contributed by atoms with E-state index in [9.17, 15) is 0 Å². The van der Waals surface area contributed by atoms with Crippen LogP contribution in [0.3, 0.4) is 0 Å². The number of rotatable bonds is 3. The Morgan fingerprint density at radius 1 is 0.800 bits per heavy atom. The standard InChI is InChI=1S/C23H18ClF/c1-2-3-15-4-10-19-17(14-15)7-11-22-21(19)13-12-20(23(22)25)16-5-8-18(24)9-6-16/h4-14H,2-3H2,1H3. The van der Waals surface area contributed by atoms with Gasteiger partial charge in [0.2, 0.25) is 0 Å². The van der Waals surface area contributed by atoms with Crippen LogP contribution in [0.25, 0.3) is 32.7 Å². The van der Waals surface area contributed by atoms with Crippen LogP contribution in [0, 0.1) is 5.82 Å². The molecule has 0 aromatic heterocycles. The summed E-state index contributed by atoms with van der Waals surface area (Å²) in [7, 11) is 0. The molecule has 0 nitrogen and oxygen atoms in total. The molecule has 0 atom stereocenters. The molecule has 0 amide bonds. The molecule has 0 aliphatic heterocycles. The quantitative estimate of drug-likeness (QED) is 0.338. The summed E-state index contributed by atoms with van der Waals surface area (Å²) < 4.78 is 15.2. The van der Waals surface area contributed by atoms with Gasteiger partial charge in [0.1, 0.15) is 5.82 Å². The molecule has 124 valence electrons. The van der Waals surface area contributed by atoms with Crippen molar-refractivity contribution in [2.45, 2.75) is 19.8 Å². The fraction of sp³-hybridized carbons (Fsp3) is 0.130. The van der Waals surface area contributed by atoms with Crippen molar-refractivity contribution >= 4 is 33.1 Å². The second kappa shape index (κ2) is 6.50. The highest BCUT2D eigenvalue weighted by Crippen LogP contribution is 2.33. The van der Waals surface area contributed by atoms with E-state index in [1.165, 1.54) is 5.56 Å². The van der Waals surface area contributed by atoms with Crippen molar-refractivity contribution in [2.24, 2.45) is 0 Å². The van der Waals surface area contributed by atoms with Crippen molar-refractivity contribution in [3.8, 4) is 11.1 Å². The van der Waals surface area contributed by atoms with Crippen LogP contribution in [-0.2, 0) is 6.42 Å². The summed E-state index contributed by atoms with van der Waals surface area (Å²) in [5.74, 6) is -0.181. The number of hydrogen-bond donors (Lipinski definition) is 0. The molecule has 0 spiro atoms. The average Bonchev–Trinajstić information content (AvgIpc) is 2.63. The summed E-state index contributed by atoms with van der Waals surface area (Å²) >= 11 is 5.94. The van der Waals surface area contributed by atoms with Crippen molar-refractivity contribution in [1.29, 1.82) is 0 Å². The maximum Gasteiger partial charge on any atom is 0.138 e. The Labute approximate surface area is 151 Å². The molecular weight excluding hydrogens is 331 g/mol. The van der Waals surface area contributed by atoms with Gasteiger partial charge in [-0.25, -0.2) is 4.39 Å². The van der Waals surface area contributed by atoms with Gasteiger partial charge in [0, 0.05) is 16.0 Å². The van der Waals surface area contributed by atoms with Crippen molar-refractivity contribution in [2.75, 3.05) is 0 Å². The van der Waals surface area contributed by atoms with Crippen LogP contribution in [-0.4, -0.2) is 0 Å². The smallest absolute Gasteiger partial charge is 0.138 e. The van der Waals surface area contributed by atoms with Crippen LogP contribution in [0.4, 0.5) is 4.39 Å². The number of hydrogen-bond acceptors (Lipinski definition) is 0. The second-order valence-electron chi connectivity index (χ2n) is 6.40. The normalized spacial score (nSPS) is 11.3. The molecule has 0 N–H and O–H groups in total. The van der Waals surface area contributed by atoms with E-state index in [1.54, 1.807) is 12.1 Å². The molecule has 0 aliphatic carbocycles. The van der Waals surface area contributed by atoms with Gasteiger partial charge in [0.05, 0.1) is 0 Å². The van der Waals surface area contributed by atoms with Gasteiger partial charge < -0.3 is 0 Å². The highest BCUT2D eigenvalue weighted by atomic mass is 35.5. The SMILES string of the molecule is CCCc1ccc2c(ccc3c(F)c(-c4ccc(Cl)cc4)ccc32)c1. The third-order valence-electron chi connectivity index (χ3n) is 4.71. The zero-order valence-corrected chi connectivity index (χ0v) is 14.8. The summed E-state index contributed by atoms with van der Waals surface area (Å²) in [6.07, 6.45) is 2.19. The van der Waals surface area contributed by atoms with Gasteiger partial charge in [-0.1, -0.05) is 79.5 Å². The Morgan fingerprint density at radius 3 is 2.28 bits per heavy atom. The van der Waals surface area contributed by atoms with E-state index in [0.717, 1.165) is 34.6 Å². The summed E-state index contributed by atoms with van der Waals surface area (Å²) in [6.45, 7) is 2.18. The average molecular weight is 349 g/mol. The zero-order valence-electron chi connectivity index (χ0n) is 14.0. The van der Waals surface area contributed by atoms with Crippen molar-refractivity contribution in [3.05, 3.63) is 83.1 Å². The molecule has 0 bridgehead atoms. The van der Waals surface area contributed by atoms with Crippen LogP contribution in [0.15, 0.2) is 66.7 Å². The van der Waals surface area contributed by atoms with E-state index in [4.69, 9.17) is 11.6 Å². The molecule has 0 fully saturated rings. The minimum Gasteiger partial charge on any atom is -0.206 e. The molecule has 4 aromatic rings. The first-order chi connectivity index (χ1) is 12.2. The number of fused-ring (bicyclic) bond motifs is 3. The van der Waals surface area contributed by atoms with Crippen LogP contribution >= 0.6 is 11.6 Å². The van der Waals surface area contributed by atoms with Gasteiger partial charge in [-0.2, -0.15) is 0 Å². The lowest BCUT2D eigenvalue weighted by Gasteiger charge is -2.10. The summed E-state index contributed by atoms with van der Waals surface area (Å²) in [4.78, 5) is 0. The van der Waals surface area contributed by atoms with E-state index in [1.807, 2.05) is 36.4 Å². The minimum absolute atomic E-state index is 0.181. The van der Waals surface area contributed by atoms with Crippen LogP contribution < -0.4 is 0 Å². The highest BCUT2D eigenvalue weighted by Gasteiger charge is 2.11. The summed E-state index contributed by atoms with van der Waals surface area (Å²) in [5, 5.41) is 4.52. The van der Waals surface area contributed by atoms with Crippen molar-refractivity contribution in [3.63, 3.8) is 0 Å². The largest absolute Gasteiger partial charge is 0.206 e. The lowest BCUT2D eigenvalue weighted by molar-refractivity contribution is 0.643. The van der Waals surface area contributed by atoms with Crippen LogP contribution in [0.1, 0.15) is 18.9 Å². The summed E-state index contributed by atoms with van der Waals surface area (Å²) in [6, 6.07) is 21.5. The van der Waals surface area contributed by atoms with Crippen molar-refractivity contribution < 1.29 is 4.39 Å². The van der Waals surface area contributed by atoms with Gasteiger partial charge >= 0.3 is 0 Å². The topological polar surface area (TPSA) is 0 Å². The minimum atomic E-state index is -0.181. The van der Waals surface area contributed by atoms with Crippen molar-refractivity contribution in [1.82, 2.24) is 0 Å². The highest BCUT2D eigenvalue weighted by molar-refractivity contribution is 6.30. The maximum atomic E-state index is 15.2. The number of aryl methyl sites for hydroxylation is 1. The van der Waals surface area contributed by atoms with E-state index in [2.05, 4.69) is 25.1 Å². The summed E-state index contributed by atoms with van der Waals surface area (Å²) in [5.41, 5.74) is 2.76. The Balaban J connectivity index is 1.91. The fourth-order valence-corrected chi connectivity index (χ4v) is 3.58. The van der Waals surface area contributed by atoms with Crippen LogP contribution in [0.5, 0.6) is 0 Å². The Bertz CT molecular complexity index is 1060. The zero-order chi connectivity index (χ0) is 17.4. The van der Waals surface area contributed by atoms with E-state index in [0.29, 0.717) is 16.0 Å². The monoisotopic (exact) mass is 348 g/mol. The third-order valence-corrected chi connectivity index (χ3v) is 4.96. The lowest BCUT2D eigenvalue weighted by atomic mass is 9.95. The molecule has 0 aliphatic rings. The van der Waals surface area contributed by atoms with Gasteiger partial charge in [-0.15, -0.1) is 0 Å². The molecular formula is C23H18ClF. The number of halogens is 2. The van der Waals surface area contributed by atoms with Gasteiger partial charge in [0.15, 0.2) is 0 Å². The maximum absolute atomic E-state index is 15.2. The fourth-order valence-electron chi connectivity index (χ4n) is 3.46. The Kier molecular flexibility index (Phi) is 4.19. The van der Waals surface area contributed by atoms with E-state index < -0.39 is 0 Å². The third kappa shape index (κ3) is 2.89. The molecule has 0 saturated heterocycles. The molecule has 2 heteroatoms. The first-order valence-electron chi connectivity index (χ1n) is 8.57. The molecule has 0 heterocycles. The second-order valence-corrected chi connectivity index (χ2v) is 6.84.